The Labute approximate surface area is 139 Å². The van der Waals surface area contributed by atoms with Gasteiger partial charge in [-0.15, -0.1) is 0 Å². The van der Waals surface area contributed by atoms with E-state index in [1.165, 1.54) is 6.92 Å². The highest BCUT2D eigenvalue weighted by molar-refractivity contribution is 6.32. The van der Waals surface area contributed by atoms with Crippen molar-refractivity contribution in [2.75, 3.05) is 17.2 Å². The van der Waals surface area contributed by atoms with Crippen molar-refractivity contribution in [3.8, 4) is 5.75 Å². The molecule has 23 heavy (non-hydrogen) atoms. The van der Waals surface area contributed by atoms with E-state index in [9.17, 15) is 9.59 Å². The zero-order chi connectivity index (χ0) is 16.8. The molecule has 2 N–H and O–H groups in total. The van der Waals surface area contributed by atoms with Crippen LogP contribution >= 0.6 is 11.6 Å². The molecule has 0 heterocycles. The lowest BCUT2D eigenvalue weighted by Gasteiger charge is -2.11. The first-order valence-electron chi connectivity index (χ1n) is 7.01. The van der Waals surface area contributed by atoms with Gasteiger partial charge in [0.1, 0.15) is 5.75 Å². The second-order valence-electron chi connectivity index (χ2n) is 4.98. The molecule has 120 valence electrons. The number of nitrogens with one attached hydrogen (secondary N) is 2. The molecule has 0 saturated heterocycles. The lowest BCUT2D eigenvalue weighted by molar-refractivity contribution is -0.118. The van der Waals surface area contributed by atoms with Crippen molar-refractivity contribution in [2.45, 2.75) is 13.8 Å². The molecule has 0 spiro atoms. The fraction of sp³-hybridized carbons (Fsp3) is 0.176. The van der Waals surface area contributed by atoms with E-state index >= 15 is 0 Å². The quantitative estimate of drug-likeness (QED) is 0.878. The Morgan fingerprint density at radius 3 is 2.52 bits per heavy atom. The van der Waals surface area contributed by atoms with Gasteiger partial charge in [0.25, 0.3) is 5.91 Å². The topological polar surface area (TPSA) is 67.4 Å². The maximum atomic E-state index is 11.9. The molecule has 0 unspecified atom stereocenters. The molecule has 0 fully saturated rings. The third kappa shape index (κ3) is 5.00. The van der Waals surface area contributed by atoms with Crippen LogP contribution in [-0.4, -0.2) is 18.4 Å². The van der Waals surface area contributed by atoms with E-state index < -0.39 is 0 Å². The summed E-state index contributed by atoms with van der Waals surface area (Å²) in [6, 6.07) is 12.2. The minimum Gasteiger partial charge on any atom is -0.482 e. The molecular weight excluding hydrogens is 316 g/mol. The van der Waals surface area contributed by atoms with Gasteiger partial charge in [0.15, 0.2) is 6.61 Å². The normalized spacial score (nSPS) is 10.0. The zero-order valence-electron chi connectivity index (χ0n) is 12.9. The Morgan fingerprint density at radius 1 is 1.13 bits per heavy atom. The third-order valence-corrected chi connectivity index (χ3v) is 3.33. The number of hydrogen-bond acceptors (Lipinski definition) is 3. The molecule has 6 heteroatoms. The predicted octanol–water partition coefficient (Wildman–Crippen LogP) is 3.62. The summed E-state index contributed by atoms with van der Waals surface area (Å²) in [6.45, 7) is 3.15. The number of carbonyl (C=O) groups excluding carboxylic acids is 2. The lowest BCUT2D eigenvalue weighted by atomic mass is 10.1. The van der Waals surface area contributed by atoms with Crippen LogP contribution in [-0.2, 0) is 9.59 Å². The Kier molecular flexibility index (Phi) is 5.60. The molecule has 0 aromatic heterocycles. The molecule has 2 aromatic carbocycles. The zero-order valence-corrected chi connectivity index (χ0v) is 13.6. The van der Waals surface area contributed by atoms with Gasteiger partial charge in [-0.2, -0.15) is 0 Å². The van der Waals surface area contributed by atoms with Gasteiger partial charge in [-0.1, -0.05) is 23.7 Å². The van der Waals surface area contributed by atoms with Crippen LogP contribution < -0.4 is 15.4 Å². The van der Waals surface area contributed by atoms with Crippen molar-refractivity contribution in [1.29, 1.82) is 0 Å². The molecule has 0 radical (unpaired) electrons. The van der Waals surface area contributed by atoms with Crippen molar-refractivity contribution in [2.24, 2.45) is 0 Å². The highest BCUT2D eigenvalue weighted by atomic mass is 35.5. The van der Waals surface area contributed by atoms with Gasteiger partial charge in [-0.05, 0) is 42.8 Å². The second-order valence-corrected chi connectivity index (χ2v) is 5.39. The molecule has 0 saturated carbocycles. The van der Waals surface area contributed by atoms with Crippen LogP contribution in [0.15, 0.2) is 42.5 Å². The Hall–Kier alpha value is -2.53. The standard InChI is InChI=1S/C17H17ClN2O3/c1-11-9-13(7-8-15(11)19-12(2)21)20-17(22)10-23-16-6-4-3-5-14(16)18/h3-9H,10H2,1-2H3,(H,19,21)(H,20,22). The van der Waals surface area contributed by atoms with Gasteiger partial charge < -0.3 is 15.4 Å². The first-order chi connectivity index (χ1) is 11.0. The van der Waals surface area contributed by atoms with Crippen LogP contribution in [0.3, 0.4) is 0 Å². The summed E-state index contributed by atoms with van der Waals surface area (Å²) in [5.74, 6) is 0.0242. The molecule has 2 amide bonds. The first kappa shape index (κ1) is 16.8. The van der Waals surface area contributed by atoms with Crippen molar-refractivity contribution < 1.29 is 14.3 Å². The van der Waals surface area contributed by atoms with E-state index in [0.717, 1.165) is 5.56 Å². The smallest absolute Gasteiger partial charge is 0.262 e. The minimum absolute atomic E-state index is 0.141. The van der Waals surface area contributed by atoms with Gasteiger partial charge in [-0.3, -0.25) is 9.59 Å². The number of carbonyl (C=O) groups is 2. The van der Waals surface area contributed by atoms with Crippen LogP contribution in [0.2, 0.25) is 5.02 Å². The Bertz CT molecular complexity index is 732. The summed E-state index contributed by atoms with van der Waals surface area (Å²) < 4.78 is 5.38. The number of aryl methyl sites for hydroxylation is 1. The van der Waals surface area contributed by atoms with Gasteiger partial charge in [0.2, 0.25) is 5.91 Å². The van der Waals surface area contributed by atoms with E-state index in [4.69, 9.17) is 16.3 Å². The maximum absolute atomic E-state index is 11.9. The van der Waals surface area contributed by atoms with Crippen LogP contribution in [0.5, 0.6) is 5.75 Å². The van der Waals surface area contributed by atoms with E-state index in [2.05, 4.69) is 10.6 Å². The predicted molar refractivity (Wildman–Crippen MR) is 91.1 cm³/mol. The van der Waals surface area contributed by atoms with E-state index in [1.54, 1.807) is 42.5 Å². The summed E-state index contributed by atoms with van der Waals surface area (Å²) >= 11 is 5.96. The molecule has 5 nitrogen and oxygen atoms in total. The molecule has 0 aliphatic rings. The fourth-order valence-corrected chi connectivity index (χ4v) is 2.16. The number of hydrogen-bond donors (Lipinski definition) is 2. The van der Waals surface area contributed by atoms with Gasteiger partial charge in [0.05, 0.1) is 5.02 Å². The van der Waals surface area contributed by atoms with Crippen molar-refractivity contribution in [1.82, 2.24) is 0 Å². The minimum atomic E-state index is -0.295. The maximum Gasteiger partial charge on any atom is 0.262 e. The highest BCUT2D eigenvalue weighted by Gasteiger charge is 2.07. The SMILES string of the molecule is CC(=O)Nc1ccc(NC(=O)COc2ccccc2Cl)cc1C. The summed E-state index contributed by atoms with van der Waals surface area (Å²) in [5, 5.41) is 5.90. The number of ether oxygens (including phenoxy) is 1. The van der Waals surface area contributed by atoms with Crippen LogP contribution in [0, 0.1) is 6.92 Å². The number of amides is 2. The molecule has 0 bridgehead atoms. The van der Waals surface area contributed by atoms with Gasteiger partial charge in [0, 0.05) is 18.3 Å². The first-order valence-corrected chi connectivity index (χ1v) is 7.39. The van der Waals surface area contributed by atoms with Crippen molar-refractivity contribution in [3.05, 3.63) is 53.1 Å². The Balaban J connectivity index is 1.94. The highest BCUT2D eigenvalue weighted by Crippen LogP contribution is 2.23. The molecule has 0 aliphatic heterocycles. The molecule has 2 aromatic rings. The average molecular weight is 333 g/mol. The van der Waals surface area contributed by atoms with Crippen molar-refractivity contribution >= 4 is 34.8 Å². The lowest BCUT2D eigenvalue weighted by Crippen LogP contribution is -2.20. The number of rotatable bonds is 5. The van der Waals surface area contributed by atoms with Crippen LogP contribution in [0.4, 0.5) is 11.4 Å². The Morgan fingerprint density at radius 2 is 1.87 bits per heavy atom. The molecule has 0 atom stereocenters. The van der Waals surface area contributed by atoms with E-state index in [0.29, 0.717) is 22.1 Å². The summed E-state index contributed by atoms with van der Waals surface area (Å²) in [4.78, 5) is 23.0. The largest absolute Gasteiger partial charge is 0.482 e. The molecular formula is C17H17ClN2O3. The second kappa shape index (κ2) is 7.65. The van der Waals surface area contributed by atoms with Crippen LogP contribution in [0.25, 0.3) is 0 Å². The monoisotopic (exact) mass is 332 g/mol. The summed E-state index contributed by atoms with van der Waals surface area (Å²) in [5.41, 5.74) is 2.19. The van der Waals surface area contributed by atoms with Crippen molar-refractivity contribution in [3.63, 3.8) is 0 Å². The summed E-state index contributed by atoms with van der Waals surface area (Å²) in [7, 11) is 0. The number of halogens is 1. The number of anilines is 2. The summed E-state index contributed by atoms with van der Waals surface area (Å²) in [6.07, 6.45) is 0. The average Bonchev–Trinajstić information content (AvgIpc) is 2.49. The fourth-order valence-electron chi connectivity index (χ4n) is 1.97. The van der Waals surface area contributed by atoms with Crippen LogP contribution in [0.1, 0.15) is 12.5 Å². The third-order valence-electron chi connectivity index (χ3n) is 3.02. The molecule has 2 rings (SSSR count). The number of para-hydroxylation sites is 1. The van der Waals surface area contributed by atoms with Gasteiger partial charge >= 0.3 is 0 Å². The molecule has 0 aliphatic carbocycles. The number of benzene rings is 2. The van der Waals surface area contributed by atoms with Gasteiger partial charge in [-0.25, -0.2) is 0 Å². The van der Waals surface area contributed by atoms with E-state index in [1.807, 2.05) is 6.92 Å². The van der Waals surface area contributed by atoms with E-state index in [-0.39, 0.29) is 18.4 Å².